The number of carbonyl (C=O) groups excluding carboxylic acids is 1. The summed E-state index contributed by atoms with van der Waals surface area (Å²) >= 11 is 6.14. The van der Waals surface area contributed by atoms with E-state index in [0.717, 1.165) is 54.3 Å². The fraction of sp³-hybridized carbons (Fsp3) is 0.320. The van der Waals surface area contributed by atoms with Crippen molar-refractivity contribution in [1.82, 2.24) is 9.47 Å². The van der Waals surface area contributed by atoms with Gasteiger partial charge in [-0.25, -0.2) is 4.79 Å². The molecule has 3 rings (SSSR count). The fourth-order valence-corrected chi connectivity index (χ4v) is 3.63. The Labute approximate surface area is 184 Å². The third-order valence-corrected chi connectivity index (χ3v) is 5.38. The third-order valence-electron chi connectivity index (χ3n) is 5.14. The van der Waals surface area contributed by atoms with Crippen molar-refractivity contribution < 1.29 is 4.79 Å². The molecular weight excluding hydrogens is 394 g/mol. The first-order valence-corrected chi connectivity index (χ1v) is 10.9. The lowest BCUT2D eigenvalue weighted by Gasteiger charge is -2.24. The number of rotatable bonds is 9. The van der Waals surface area contributed by atoms with Crippen molar-refractivity contribution in [2.75, 3.05) is 11.9 Å². The zero-order chi connectivity index (χ0) is 21.3. The smallest absolute Gasteiger partial charge is 0.322 e. The molecule has 0 fully saturated rings. The van der Waals surface area contributed by atoms with Gasteiger partial charge in [0.2, 0.25) is 0 Å². The second-order valence-corrected chi connectivity index (χ2v) is 8.12. The van der Waals surface area contributed by atoms with Gasteiger partial charge < -0.3 is 14.8 Å². The Morgan fingerprint density at radius 3 is 2.60 bits per heavy atom. The van der Waals surface area contributed by atoms with Crippen molar-refractivity contribution in [1.29, 1.82) is 0 Å². The van der Waals surface area contributed by atoms with Crippen molar-refractivity contribution in [2.45, 2.75) is 46.2 Å². The van der Waals surface area contributed by atoms with Gasteiger partial charge in [0, 0.05) is 35.7 Å². The molecule has 0 unspecified atom stereocenters. The van der Waals surface area contributed by atoms with Crippen molar-refractivity contribution in [3.8, 4) is 0 Å². The first kappa shape index (κ1) is 22.0. The molecule has 2 aromatic carbocycles. The van der Waals surface area contributed by atoms with Gasteiger partial charge in [-0.15, -0.1) is 0 Å². The predicted octanol–water partition coefficient (Wildman–Crippen LogP) is 6.72. The maximum absolute atomic E-state index is 13.0. The number of urea groups is 1. The molecule has 0 saturated carbocycles. The van der Waals surface area contributed by atoms with Gasteiger partial charge >= 0.3 is 6.03 Å². The van der Waals surface area contributed by atoms with Gasteiger partial charge in [0.05, 0.1) is 6.54 Å². The number of unbranched alkanes of at least 4 members (excludes halogenated alkanes) is 2. The van der Waals surface area contributed by atoms with Crippen LogP contribution in [0.25, 0.3) is 0 Å². The number of benzene rings is 2. The van der Waals surface area contributed by atoms with Gasteiger partial charge in [-0.05, 0) is 55.3 Å². The lowest BCUT2D eigenvalue weighted by molar-refractivity contribution is 0.206. The molecular formula is C25H30ClN3O. The molecule has 1 heterocycles. The summed E-state index contributed by atoms with van der Waals surface area (Å²) in [4.78, 5) is 14.9. The van der Waals surface area contributed by atoms with E-state index in [0.29, 0.717) is 6.54 Å². The number of aryl methyl sites for hydroxylation is 1. The summed E-state index contributed by atoms with van der Waals surface area (Å²) in [6.45, 7) is 6.23. The highest BCUT2D eigenvalue weighted by atomic mass is 35.5. The summed E-state index contributed by atoms with van der Waals surface area (Å²) in [6, 6.07) is 19.8. The molecule has 3 aromatic rings. The number of hydrogen-bond acceptors (Lipinski definition) is 1. The molecule has 0 aliphatic heterocycles. The lowest BCUT2D eigenvalue weighted by atomic mass is 10.2. The minimum Gasteiger partial charge on any atom is -0.345 e. The Bertz CT molecular complexity index is 949. The number of nitrogens with zero attached hydrogens (tertiary/aromatic N) is 2. The van der Waals surface area contributed by atoms with Crippen LogP contribution in [-0.4, -0.2) is 22.0 Å². The molecule has 0 saturated heterocycles. The van der Waals surface area contributed by atoms with Crippen LogP contribution in [0.2, 0.25) is 5.02 Å². The average Bonchev–Trinajstić information content (AvgIpc) is 3.15. The molecule has 0 spiro atoms. The second kappa shape index (κ2) is 10.9. The van der Waals surface area contributed by atoms with Gasteiger partial charge in [-0.2, -0.15) is 0 Å². The summed E-state index contributed by atoms with van der Waals surface area (Å²) in [5, 5.41) is 3.78. The summed E-state index contributed by atoms with van der Waals surface area (Å²) < 4.78 is 2.18. The summed E-state index contributed by atoms with van der Waals surface area (Å²) in [5.74, 6) is 0. The summed E-state index contributed by atoms with van der Waals surface area (Å²) in [5.41, 5.74) is 4.24. The second-order valence-electron chi connectivity index (χ2n) is 7.68. The minimum atomic E-state index is -0.0644. The first-order valence-electron chi connectivity index (χ1n) is 10.6. The fourth-order valence-electron chi connectivity index (χ4n) is 3.42. The minimum absolute atomic E-state index is 0.0644. The van der Waals surface area contributed by atoms with Crippen LogP contribution in [0.1, 0.15) is 43.0 Å². The largest absolute Gasteiger partial charge is 0.345 e. The van der Waals surface area contributed by atoms with Crippen LogP contribution in [0.4, 0.5) is 10.5 Å². The monoisotopic (exact) mass is 423 g/mol. The SMILES string of the molecule is CCCCCN(Cc1cccn1Cc1cccc(Cl)c1)C(=O)Nc1ccc(C)cc1. The van der Waals surface area contributed by atoms with Gasteiger partial charge in [0.25, 0.3) is 0 Å². The molecule has 158 valence electrons. The molecule has 30 heavy (non-hydrogen) atoms. The van der Waals surface area contributed by atoms with Crippen molar-refractivity contribution >= 4 is 23.3 Å². The Morgan fingerprint density at radius 2 is 1.87 bits per heavy atom. The van der Waals surface area contributed by atoms with E-state index in [1.54, 1.807) is 0 Å². The maximum atomic E-state index is 13.0. The van der Waals surface area contributed by atoms with Gasteiger partial charge in [-0.1, -0.05) is 61.2 Å². The highest BCUT2D eigenvalue weighted by Crippen LogP contribution is 2.16. The molecule has 0 aliphatic rings. The highest BCUT2D eigenvalue weighted by molar-refractivity contribution is 6.30. The zero-order valence-electron chi connectivity index (χ0n) is 17.8. The Kier molecular flexibility index (Phi) is 7.97. The molecule has 1 N–H and O–H groups in total. The van der Waals surface area contributed by atoms with Crippen LogP contribution in [0, 0.1) is 6.92 Å². The van der Waals surface area contributed by atoms with E-state index in [4.69, 9.17) is 11.6 Å². The van der Waals surface area contributed by atoms with Crippen LogP contribution in [0.15, 0.2) is 66.9 Å². The highest BCUT2D eigenvalue weighted by Gasteiger charge is 2.16. The number of nitrogens with one attached hydrogen (secondary N) is 1. The number of amides is 2. The van der Waals surface area contributed by atoms with Crippen molar-refractivity contribution in [2.24, 2.45) is 0 Å². The predicted molar refractivity (Wildman–Crippen MR) is 125 cm³/mol. The molecule has 0 bridgehead atoms. The topological polar surface area (TPSA) is 37.3 Å². The molecule has 2 amide bonds. The van der Waals surface area contributed by atoms with Gasteiger partial charge in [0.1, 0.15) is 0 Å². The van der Waals surface area contributed by atoms with Crippen LogP contribution in [0.5, 0.6) is 0 Å². The molecule has 5 heteroatoms. The Hall–Kier alpha value is -2.72. The van der Waals surface area contributed by atoms with Crippen LogP contribution in [-0.2, 0) is 13.1 Å². The number of carbonyl (C=O) groups is 1. The van der Waals surface area contributed by atoms with Crippen LogP contribution < -0.4 is 5.32 Å². The van der Waals surface area contributed by atoms with E-state index < -0.39 is 0 Å². The average molecular weight is 424 g/mol. The molecule has 1 aromatic heterocycles. The van der Waals surface area contributed by atoms with E-state index in [1.807, 2.05) is 60.4 Å². The van der Waals surface area contributed by atoms with Crippen molar-refractivity contribution in [3.05, 3.63) is 88.7 Å². The molecule has 4 nitrogen and oxygen atoms in total. The summed E-state index contributed by atoms with van der Waals surface area (Å²) in [7, 11) is 0. The molecule has 0 aliphatic carbocycles. The standard InChI is InChI=1S/C25H30ClN3O/c1-3-4-5-15-29(25(30)27-23-13-11-20(2)12-14-23)19-24-10-7-16-28(24)18-21-8-6-9-22(26)17-21/h6-14,16-17H,3-5,15,18-19H2,1-2H3,(H,27,30). The third kappa shape index (κ3) is 6.39. The Morgan fingerprint density at radius 1 is 1.07 bits per heavy atom. The quantitative estimate of drug-likeness (QED) is 0.381. The van der Waals surface area contributed by atoms with E-state index in [-0.39, 0.29) is 6.03 Å². The Balaban J connectivity index is 1.72. The van der Waals surface area contributed by atoms with E-state index >= 15 is 0 Å². The number of halogens is 1. The van der Waals surface area contributed by atoms with Crippen LogP contribution >= 0.6 is 11.6 Å². The van der Waals surface area contributed by atoms with Gasteiger partial charge in [-0.3, -0.25) is 0 Å². The number of hydrogen-bond donors (Lipinski definition) is 1. The van der Waals surface area contributed by atoms with E-state index in [9.17, 15) is 4.79 Å². The normalized spacial score (nSPS) is 10.8. The summed E-state index contributed by atoms with van der Waals surface area (Å²) in [6.07, 6.45) is 5.28. The van der Waals surface area contributed by atoms with E-state index in [1.165, 1.54) is 5.56 Å². The van der Waals surface area contributed by atoms with Crippen LogP contribution in [0.3, 0.4) is 0 Å². The van der Waals surface area contributed by atoms with Crippen molar-refractivity contribution in [3.63, 3.8) is 0 Å². The molecule has 0 atom stereocenters. The number of aromatic nitrogens is 1. The van der Waals surface area contributed by atoms with Gasteiger partial charge in [0.15, 0.2) is 0 Å². The number of anilines is 1. The molecule has 0 radical (unpaired) electrons. The van der Waals surface area contributed by atoms with E-state index in [2.05, 4.69) is 35.1 Å². The first-order chi connectivity index (χ1) is 14.5. The zero-order valence-corrected chi connectivity index (χ0v) is 18.5. The lowest BCUT2D eigenvalue weighted by Crippen LogP contribution is -2.36. The maximum Gasteiger partial charge on any atom is 0.322 e.